The first-order chi connectivity index (χ1) is 35.5. The number of para-hydroxylation sites is 4. The van der Waals surface area contributed by atoms with Gasteiger partial charge in [-0.05, 0) is 158 Å². The molecule has 0 unspecified atom stereocenters. The molecule has 0 saturated heterocycles. The Labute approximate surface area is 420 Å². The molecule has 0 atom stereocenters. The third kappa shape index (κ3) is 6.67. The lowest BCUT2D eigenvalue weighted by molar-refractivity contribution is 0.660. The van der Waals surface area contributed by atoms with Crippen molar-refractivity contribution in [1.29, 1.82) is 0 Å². The number of anilines is 7. The topological polar surface area (TPSA) is 14.7 Å². The highest BCUT2D eigenvalue weighted by molar-refractivity contribution is 6.09. The van der Waals surface area contributed by atoms with Gasteiger partial charge in [0.25, 0.3) is 0 Å². The summed E-state index contributed by atoms with van der Waals surface area (Å²) < 4.78 is 2.41. The highest BCUT2D eigenvalue weighted by Crippen LogP contribution is 2.55. The van der Waals surface area contributed by atoms with Crippen LogP contribution in [0.2, 0.25) is 0 Å². The van der Waals surface area contributed by atoms with Crippen LogP contribution in [-0.2, 0) is 5.41 Å². The maximum absolute atomic E-state index is 2.47. The Morgan fingerprint density at radius 3 is 1.71 bits per heavy atom. The highest BCUT2D eigenvalue weighted by atomic mass is 15.4. The van der Waals surface area contributed by atoms with Crippen LogP contribution in [0.5, 0.6) is 0 Å². The molecule has 1 aliphatic heterocycles. The van der Waals surface area contributed by atoms with Gasteiger partial charge in [-0.3, -0.25) is 0 Å². The van der Waals surface area contributed by atoms with Crippen LogP contribution in [0, 0.1) is 0 Å². The van der Waals surface area contributed by atoms with E-state index >= 15 is 0 Å². The van der Waals surface area contributed by atoms with Crippen molar-refractivity contribution in [1.82, 2.24) is 4.57 Å². The summed E-state index contributed by atoms with van der Waals surface area (Å²) >= 11 is 0. The Balaban J connectivity index is 0.949. The molecule has 0 fully saturated rings. The lowest BCUT2D eigenvalue weighted by Gasteiger charge is -2.27. The lowest BCUT2D eigenvalue weighted by Crippen LogP contribution is -2.23. The van der Waals surface area contributed by atoms with E-state index in [1.165, 1.54) is 94.3 Å². The van der Waals surface area contributed by atoms with E-state index in [-0.39, 0.29) is 5.41 Å². The van der Waals surface area contributed by atoms with Crippen LogP contribution in [0.1, 0.15) is 25.0 Å². The standard InChI is InChI=1S/C68H50N4/c1-68(2)61-32-14-11-31-59(61)67-60(49-36-38-65-66(43-49)70(52-24-7-4-8-25-52)45-69(65)51-22-5-3-6-23-51)41-50(42-62(67)68)48-21-17-26-53(40-48)71(56-37-35-46-19-9-10-20-47(46)39-56)54-27-18-28-55(44-54)72-63-33-15-12-29-57(63)58-30-13-16-34-64(58)72/h3-44H,45H2,1-2H3. The van der Waals surface area contributed by atoms with Gasteiger partial charge in [0, 0.05) is 50.3 Å². The molecule has 0 saturated carbocycles. The average Bonchev–Trinajstić information content (AvgIpc) is 4.07. The summed E-state index contributed by atoms with van der Waals surface area (Å²) in [6.07, 6.45) is 0. The number of aromatic nitrogens is 1. The number of fused-ring (bicyclic) bond motifs is 8. The molecular formula is C68H50N4. The SMILES string of the molecule is CC1(C)c2ccccc2-c2c(-c3ccc4c(c3)N(c3ccccc3)CN4c3ccccc3)cc(-c3cccc(N(c4cccc(-n5c6ccccc6c6ccccc65)c4)c4ccc5ccccc5c4)c3)cc21. The van der Waals surface area contributed by atoms with E-state index in [2.05, 4.69) is 288 Å². The zero-order valence-corrected chi connectivity index (χ0v) is 40.2. The summed E-state index contributed by atoms with van der Waals surface area (Å²) in [4.78, 5) is 7.31. The molecule has 0 bridgehead atoms. The molecular weight excluding hydrogens is 873 g/mol. The average molecular weight is 923 g/mol. The van der Waals surface area contributed by atoms with Crippen LogP contribution in [0.3, 0.4) is 0 Å². The first kappa shape index (κ1) is 41.8. The molecule has 0 spiro atoms. The molecule has 14 rings (SSSR count). The summed E-state index contributed by atoms with van der Waals surface area (Å²) in [5.41, 5.74) is 21.4. The smallest absolute Gasteiger partial charge is 0.100 e. The van der Waals surface area contributed by atoms with Crippen LogP contribution in [0.15, 0.2) is 255 Å². The van der Waals surface area contributed by atoms with Gasteiger partial charge in [0.2, 0.25) is 0 Å². The monoisotopic (exact) mass is 922 g/mol. The van der Waals surface area contributed by atoms with Crippen molar-refractivity contribution in [3.8, 4) is 39.1 Å². The fraction of sp³-hybridized carbons (Fsp3) is 0.0588. The van der Waals surface area contributed by atoms with Crippen molar-refractivity contribution in [3.05, 3.63) is 266 Å². The Hall–Kier alpha value is -9.12. The normalized spacial score (nSPS) is 13.4. The molecule has 11 aromatic carbocycles. The number of benzene rings is 11. The van der Waals surface area contributed by atoms with Gasteiger partial charge in [-0.1, -0.05) is 166 Å². The van der Waals surface area contributed by atoms with Gasteiger partial charge in [0.1, 0.15) is 6.67 Å². The molecule has 1 aliphatic carbocycles. The molecule has 0 N–H and O–H groups in total. The number of hydrogen-bond donors (Lipinski definition) is 0. The highest BCUT2D eigenvalue weighted by Gasteiger charge is 2.38. The number of nitrogens with zero attached hydrogens (tertiary/aromatic N) is 4. The maximum Gasteiger partial charge on any atom is 0.100 e. The van der Waals surface area contributed by atoms with E-state index < -0.39 is 0 Å². The number of rotatable bonds is 8. The second kappa shape index (κ2) is 16.5. The minimum Gasteiger partial charge on any atom is -0.321 e. The van der Waals surface area contributed by atoms with Crippen LogP contribution in [-0.4, -0.2) is 11.2 Å². The van der Waals surface area contributed by atoms with Crippen molar-refractivity contribution in [2.24, 2.45) is 0 Å². The number of hydrogen-bond acceptors (Lipinski definition) is 3. The molecule has 2 heterocycles. The second-order valence-corrected chi connectivity index (χ2v) is 19.8. The predicted molar refractivity (Wildman–Crippen MR) is 303 cm³/mol. The Morgan fingerprint density at radius 2 is 0.958 bits per heavy atom. The van der Waals surface area contributed by atoms with Crippen molar-refractivity contribution < 1.29 is 0 Å². The van der Waals surface area contributed by atoms with E-state index in [4.69, 9.17) is 0 Å². The summed E-state index contributed by atoms with van der Waals surface area (Å²) in [6.45, 7) is 5.51. The molecule has 1 aromatic heterocycles. The molecule has 72 heavy (non-hydrogen) atoms. The zero-order chi connectivity index (χ0) is 47.9. The van der Waals surface area contributed by atoms with Gasteiger partial charge >= 0.3 is 0 Å². The van der Waals surface area contributed by atoms with Crippen LogP contribution >= 0.6 is 0 Å². The van der Waals surface area contributed by atoms with Crippen molar-refractivity contribution >= 4 is 72.4 Å². The van der Waals surface area contributed by atoms with Gasteiger partial charge < -0.3 is 19.3 Å². The van der Waals surface area contributed by atoms with E-state index in [9.17, 15) is 0 Å². The Bertz CT molecular complexity index is 4020. The van der Waals surface area contributed by atoms with Crippen LogP contribution in [0.25, 0.3) is 71.6 Å². The third-order valence-corrected chi connectivity index (χ3v) is 15.3. The Kier molecular flexibility index (Phi) is 9.59. The largest absolute Gasteiger partial charge is 0.321 e. The lowest BCUT2D eigenvalue weighted by atomic mass is 9.80. The fourth-order valence-corrected chi connectivity index (χ4v) is 11.9. The summed E-state index contributed by atoms with van der Waals surface area (Å²) in [6, 6.07) is 93.8. The second-order valence-electron chi connectivity index (χ2n) is 19.8. The van der Waals surface area contributed by atoms with Crippen molar-refractivity contribution in [3.63, 3.8) is 0 Å². The van der Waals surface area contributed by atoms with Gasteiger partial charge in [0.15, 0.2) is 0 Å². The summed E-state index contributed by atoms with van der Waals surface area (Å²) in [5.74, 6) is 0. The Morgan fingerprint density at radius 1 is 0.361 bits per heavy atom. The zero-order valence-electron chi connectivity index (χ0n) is 40.2. The van der Waals surface area contributed by atoms with Gasteiger partial charge in [-0.25, -0.2) is 0 Å². The predicted octanol–water partition coefficient (Wildman–Crippen LogP) is 18.3. The van der Waals surface area contributed by atoms with E-state index in [1.807, 2.05) is 0 Å². The molecule has 2 aliphatic rings. The van der Waals surface area contributed by atoms with E-state index in [1.54, 1.807) is 0 Å². The maximum atomic E-state index is 2.47. The molecule has 0 radical (unpaired) electrons. The van der Waals surface area contributed by atoms with Crippen LogP contribution in [0.4, 0.5) is 39.8 Å². The fourth-order valence-electron chi connectivity index (χ4n) is 11.9. The minimum absolute atomic E-state index is 0.213. The molecule has 0 amide bonds. The molecule has 4 nitrogen and oxygen atoms in total. The van der Waals surface area contributed by atoms with Crippen molar-refractivity contribution in [2.45, 2.75) is 19.3 Å². The van der Waals surface area contributed by atoms with Gasteiger partial charge in [0.05, 0.1) is 22.4 Å². The van der Waals surface area contributed by atoms with Gasteiger partial charge in [-0.15, -0.1) is 0 Å². The minimum atomic E-state index is -0.213. The van der Waals surface area contributed by atoms with E-state index in [0.717, 1.165) is 35.0 Å². The molecule has 342 valence electrons. The first-order valence-electron chi connectivity index (χ1n) is 25.0. The molecule has 12 aromatic rings. The molecule has 4 heteroatoms. The van der Waals surface area contributed by atoms with Crippen LogP contribution < -0.4 is 14.7 Å². The van der Waals surface area contributed by atoms with Gasteiger partial charge in [-0.2, -0.15) is 0 Å². The summed E-state index contributed by atoms with van der Waals surface area (Å²) in [7, 11) is 0. The van der Waals surface area contributed by atoms with Crippen molar-refractivity contribution in [2.75, 3.05) is 21.4 Å². The first-order valence-corrected chi connectivity index (χ1v) is 25.0. The third-order valence-electron chi connectivity index (χ3n) is 15.3. The quantitative estimate of drug-likeness (QED) is 0.151. The van der Waals surface area contributed by atoms with E-state index in [0.29, 0.717) is 0 Å². The summed E-state index contributed by atoms with van der Waals surface area (Å²) in [5, 5.41) is 4.92.